The van der Waals surface area contributed by atoms with E-state index in [1.807, 2.05) is 19.3 Å². The number of rotatable bonds is 5. The molecule has 1 aromatic heterocycles. The van der Waals surface area contributed by atoms with Crippen molar-refractivity contribution in [2.45, 2.75) is 20.8 Å². The van der Waals surface area contributed by atoms with Crippen LogP contribution in [0.15, 0.2) is 12.4 Å². The van der Waals surface area contributed by atoms with Crippen LogP contribution in [0.3, 0.4) is 0 Å². The molecule has 20 heavy (non-hydrogen) atoms. The first-order chi connectivity index (χ1) is 9.46. The summed E-state index contributed by atoms with van der Waals surface area (Å²) in [5.74, 6) is 0.797. The summed E-state index contributed by atoms with van der Waals surface area (Å²) in [6.45, 7) is 12.4. The van der Waals surface area contributed by atoms with E-state index in [0.29, 0.717) is 0 Å². The molecule has 5 heteroatoms. The quantitative estimate of drug-likeness (QED) is 0.818. The lowest BCUT2D eigenvalue weighted by Gasteiger charge is -2.37. The molecule has 0 unspecified atom stereocenters. The molecule has 0 saturated carbocycles. The molecule has 1 saturated heterocycles. The predicted octanol–water partition coefficient (Wildman–Crippen LogP) is 1.58. The highest BCUT2D eigenvalue weighted by atomic mass is 16.5. The topological polar surface area (TPSA) is 41.5 Å². The second-order valence-corrected chi connectivity index (χ2v) is 6.47. The molecule has 0 aromatic carbocycles. The molecule has 0 radical (unpaired) electrons. The highest BCUT2D eigenvalue weighted by molar-refractivity contribution is 5.28. The van der Waals surface area contributed by atoms with Crippen LogP contribution in [-0.2, 0) is 4.74 Å². The zero-order chi connectivity index (χ0) is 14.6. The Labute approximate surface area is 122 Å². The maximum absolute atomic E-state index is 5.40. The molecule has 2 heterocycles. The van der Waals surface area contributed by atoms with Gasteiger partial charge in [-0.05, 0) is 17.9 Å². The van der Waals surface area contributed by atoms with Crippen LogP contribution >= 0.6 is 0 Å². The SMILES string of the molecule is Cc1cnc(N(C)CC(C)(C)CN2CCOCC2)nc1. The average molecular weight is 278 g/mol. The molecular formula is C15H26N4O. The zero-order valence-corrected chi connectivity index (χ0v) is 13.1. The fraction of sp³-hybridized carbons (Fsp3) is 0.733. The Balaban J connectivity index is 1.90. The maximum Gasteiger partial charge on any atom is 0.225 e. The second-order valence-electron chi connectivity index (χ2n) is 6.47. The van der Waals surface area contributed by atoms with Gasteiger partial charge in [-0.15, -0.1) is 0 Å². The largest absolute Gasteiger partial charge is 0.379 e. The number of aromatic nitrogens is 2. The Bertz CT molecular complexity index is 412. The van der Waals surface area contributed by atoms with Crippen molar-refractivity contribution in [2.24, 2.45) is 5.41 Å². The summed E-state index contributed by atoms with van der Waals surface area (Å²) in [6, 6.07) is 0. The van der Waals surface area contributed by atoms with Gasteiger partial charge >= 0.3 is 0 Å². The monoisotopic (exact) mass is 278 g/mol. The molecule has 0 atom stereocenters. The number of aryl methyl sites for hydroxylation is 1. The van der Waals surface area contributed by atoms with Gasteiger partial charge in [0.2, 0.25) is 5.95 Å². The molecule has 0 spiro atoms. The summed E-state index contributed by atoms with van der Waals surface area (Å²) in [5, 5.41) is 0. The molecule has 5 nitrogen and oxygen atoms in total. The predicted molar refractivity (Wildman–Crippen MR) is 81.1 cm³/mol. The Morgan fingerprint density at radius 3 is 2.45 bits per heavy atom. The molecule has 1 aliphatic heterocycles. The summed E-state index contributed by atoms with van der Waals surface area (Å²) < 4.78 is 5.40. The number of hydrogen-bond acceptors (Lipinski definition) is 5. The van der Waals surface area contributed by atoms with E-state index in [1.165, 1.54) is 0 Å². The summed E-state index contributed by atoms with van der Waals surface area (Å²) in [6.07, 6.45) is 3.74. The van der Waals surface area contributed by atoms with E-state index in [4.69, 9.17) is 4.74 Å². The van der Waals surface area contributed by atoms with Gasteiger partial charge in [0.25, 0.3) is 0 Å². The smallest absolute Gasteiger partial charge is 0.225 e. The van der Waals surface area contributed by atoms with Crippen molar-refractivity contribution in [1.29, 1.82) is 0 Å². The van der Waals surface area contributed by atoms with Crippen LogP contribution < -0.4 is 4.90 Å². The fourth-order valence-electron chi connectivity index (χ4n) is 2.71. The molecule has 0 aliphatic carbocycles. The van der Waals surface area contributed by atoms with Gasteiger partial charge in [-0.3, -0.25) is 4.90 Å². The van der Waals surface area contributed by atoms with Crippen LogP contribution in [0.4, 0.5) is 5.95 Å². The first-order valence-corrected chi connectivity index (χ1v) is 7.26. The molecule has 0 bridgehead atoms. The fourth-order valence-corrected chi connectivity index (χ4v) is 2.71. The Morgan fingerprint density at radius 1 is 1.25 bits per heavy atom. The van der Waals surface area contributed by atoms with E-state index in [0.717, 1.165) is 50.9 Å². The maximum atomic E-state index is 5.40. The lowest BCUT2D eigenvalue weighted by molar-refractivity contribution is 0.0223. The van der Waals surface area contributed by atoms with Crippen LogP contribution in [0, 0.1) is 12.3 Å². The van der Waals surface area contributed by atoms with E-state index < -0.39 is 0 Å². The minimum Gasteiger partial charge on any atom is -0.379 e. The van der Waals surface area contributed by atoms with Crippen LogP contribution in [-0.4, -0.2) is 61.3 Å². The number of ether oxygens (including phenoxy) is 1. The van der Waals surface area contributed by atoms with Gasteiger partial charge in [-0.25, -0.2) is 9.97 Å². The molecule has 1 fully saturated rings. The third kappa shape index (κ3) is 4.42. The van der Waals surface area contributed by atoms with E-state index in [2.05, 4.69) is 40.7 Å². The molecule has 112 valence electrons. The van der Waals surface area contributed by atoms with E-state index in [-0.39, 0.29) is 5.41 Å². The van der Waals surface area contributed by atoms with Gasteiger partial charge in [-0.2, -0.15) is 0 Å². The molecule has 1 aromatic rings. The van der Waals surface area contributed by atoms with E-state index in [1.54, 1.807) is 0 Å². The van der Waals surface area contributed by atoms with Gasteiger partial charge < -0.3 is 9.64 Å². The lowest BCUT2D eigenvalue weighted by Crippen LogP contribution is -2.45. The molecule has 0 N–H and O–H groups in total. The van der Waals surface area contributed by atoms with E-state index >= 15 is 0 Å². The summed E-state index contributed by atoms with van der Waals surface area (Å²) in [7, 11) is 2.06. The molecular weight excluding hydrogens is 252 g/mol. The van der Waals surface area contributed by atoms with Crippen molar-refractivity contribution < 1.29 is 4.74 Å². The van der Waals surface area contributed by atoms with Crippen LogP contribution in [0.1, 0.15) is 19.4 Å². The van der Waals surface area contributed by atoms with Gasteiger partial charge in [0.1, 0.15) is 0 Å². The number of anilines is 1. The van der Waals surface area contributed by atoms with Gasteiger partial charge in [0.15, 0.2) is 0 Å². The lowest BCUT2D eigenvalue weighted by atomic mass is 9.92. The zero-order valence-electron chi connectivity index (χ0n) is 13.1. The van der Waals surface area contributed by atoms with Crippen molar-refractivity contribution in [1.82, 2.24) is 14.9 Å². The molecule has 2 rings (SSSR count). The van der Waals surface area contributed by atoms with Crippen molar-refractivity contribution in [2.75, 3.05) is 51.3 Å². The Morgan fingerprint density at radius 2 is 1.85 bits per heavy atom. The Kier molecular flexibility index (Phi) is 4.94. The average Bonchev–Trinajstić information content (AvgIpc) is 2.39. The minimum atomic E-state index is 0.195. The van der Waals surface area contributed by atoms with Gasteiger partial charge in [0, 0.05) is 45.6 Å². The van der Waals surface area contributed by atoms with Crippen molar-refractivity contribution >= 4 is 5.95 Å². The number of nitrogens with zero attached hydrogens (tertiary/aromatic N) is 4. The van der Waals surface area contributed by atoms with Crippen LogP contribution in [0.5, 0.6) is 0 Å². The normalized spacial score (nSPS) is 17.2. The standard InChI is InChI=1S/C15H26N4O/c1-13-9-16-14(17-10-13)18(4)11-15(2,3)12-19-5-7-20-8-6-19/h9-10H,5-8,11-12H2,1-4H3. The first kappa shape index (κ1) is 15.2. The highest BCUT2D eigenvalue weighted by Crippen LogP contribution is 2.21. The summed E-state index contributed by atoms with van der Waals surface area (Å²) in [5.41, 5.74) is 1.29. The first-order valence-electron chi connectivity index (χ1n) is 7.26. The van der Waals surface area contributed by atoms with Crippen molar-refractivity contribution in [3.05, 3.63) is 18.0 Å². The van der Waals surface area contributed by atoms with Crippen LogP contribution in [0.2, 0.25) is 0 Å². The molecule has 1 aliphatic rings. The third-order valence-corrected chi connectivity index (χ3v) is 3.53. The summed E-state index contributed by atoms with van der Waals surface area (Å²) >= 11 is 0. The van der Waals surface area contributed by atoms with Crippen molar-refractivity contribution in [3.63, 3.8) is 0 Å². The van der Waals surface area contributed by atoms with Crippen molar-refractivity contribution in [3.8, 4) is 0 Å². The van der Waals surface area contributed by atoms with E-state index in [9.17, 15) is 0 Å². The van der Waals surface area contributed by atoms with Crippen LogP contribution in [0.25, 0.3) is 0 Å². The van der Waals surface area contributed by atoms with Gasteiger partial charge in [-0.1, -0.05) is 13.8 Å². The summed E-state index contributed by atoms with van der Waals surface area (Å²) in [4.78, 5) is 13.4. The minimum absolute atomic E-state index is 0.195. The second kappa shape index (κ2) is 6.50. The Hall–Kier alpha value is -1.20. The number of hydrogen-bond donors (Lipinski definition) is 0. The highest BCUT2D eigenvalue weighted by Gasteiger charge is 2.25. The molecule has 0 amide bonds. The van der Waals surface area contributed by atoms with Gasteiger partial charge in [0.05, 0.1) is 13.2 Å². The third-order valence-electron chi connectivity index (χ3n) is 3.53. The number of morpholine rings is 1.